The molecule has 7 aromatic rings. The van der Waals surface area contributed by atoms with Gasteiger partial charge in [0.05, 0.1) is 4.90 Å². The first kappa shape index (κ1) is 50.7. The number of nitrogens with one attached hydrogen (secondary N) is 5. The Morgan fingerprint density at radius 2 is 1.17 bits per heavy atom. The first-order valence-electron chi connectivity index (χ1n) is 21.5. The number of nitrogens with two attached hydrogens (primary N) is 1. The lowest BCUT2D eigenvalue weighted by Crippen LogP contribution is -2.29. The Morgan fingerprint density at radius 1 is 0.594 bits per heavy atom. The maximum absolute atomic E-state index is 12.3. The Morgan fingerprint density at radius 3 is 1.80 bits per heavy atom. The maximum Gasteiger partial charge on any atom is 0.295 e. The molecule has 2 aromatic heterocycles. The molecular weight excluding hydrogens is 921 g/mol. The van der Waals surface area contributed by atoms with Crippen LogP contribution in [0.1, 0.15) is 56.7 Å². The number of hydrogen-bond acceptors (Lipinski definition) is 16. The van der Waals surface area contributed by atoms with Crippen LogP contribution in [0.15, 0.2) is 137 Å². The lowest BCUT2D eigenvalue weighted by atomic mass is 10.1. The van der Waals surface area contributed by atoms with Gasteiger partial charge in [-0.25, -0.2) is 4.98 Å². The highest BCUT2D eigenvalue weighted by Crippen LogP contribution is 2.24. The van der Waals surface area contributed by atoms with Crippen LogP contribution in [0.25, 0.3) is 6.08 Å². The molecule has 0 unspecified atom stereocenters. The van der Waals surface area contributed by atoms with Crippen LogP contribution >= 0.6 is 0 Å². The van der Waals surface area contributed by atoms with E-state index in [2.05, 4.69) is 56.5 Å². The van der Waals surface area contributed by atoms with Crippen molar-refractivity contribution in [2.24, 2.45) is 5.73 Å². The number of aryl methyl sites for hydroxylation is 2. The zero-order chi connectivity index (χ0) is 49.4. The number of nitrogens with zero attached hydrogens (tertiary/aromatic N) is 6. The third kappa shape index (κ3) is 15.7. The van der Waals surface area contributed by atoms with E-state index >= 15 is 0 Å². The summed E-state index contributed by atoms with van der Waals surface area (Å²) in [5.41, 5.74) is 10.9. The molecule has 0 atom stereocenters. The Labute approximate surface area is 400 Å². The standard InChI is InChI=1S/C26H27N7O4S.C22H25N5O3S/c1-17-8-11-19(12-9-17)23(34)27-14-15-28-24-31-25(29-20-6-4-3-5-7-20)33-26(32-24)30-21-13-10-18(2)22(16-21)38(35,36)37;1-2-6-18-10-9-17(13-19(18)31(28,29)30)15-21-25-20(14-16-7-4-3-5-8-16)26-22(27-21)24-12-11-23/h3-13,16H,14-15H2,1-2H3,(H,27,34)(H,35,36,37)(H3,28,29,30,31,32,33);2-10,13H,11-12,14-15,23H2,1H3,(H,28,29,30)(H,24,25,26,27)/b;6-2+. The van der Waals surface area contributed by atoms with Crippen LogP contribution in [-0.2, 0) is 33.1 Å². The third-order valence-electron chi connectivity index (χ3n) is 9.82. The summed E-state index contributed by atoms with van der Waals surface area (Å²) in [6, 6.07) is 35.8. The summed E-state index contributed by atoms with van der Waals surface area (Å²) in [7, 11) is -8.77. The van der Waals surface area contributed by atoms with Crippen molar-refractivity contribution >= 4 is 67.4 Å². The highest BCUT2D eigenvalue weighted by atomic mass is 32.2. The third-order valence-corrected chi connectivity index (χ3v) is 11.7. The minimum absolute atomic E-state index is 0.134. The molecule has 0 radical (unpaired) electrons. The van der Waals surface area contributed by atoms with Crippen LogP contribution in [0.3, 0.4) is 0 Å². The Hall–Kier alpha value is -7.69. The fourth-order valence-corrected chi connectivity index (χ4v) is 8.02. The minimum Gasteiger partial charge on any atom is -0.353 e. The van der Waals surface area contributed by atoms with E-state index in [1.807, 2.05) is 79.7 Å². The van der Waals surface area contributed by atoms with Crippen molar-refractivity contribution < 1.29 is 30.7 Å². The number of aromatic nitrogens is 6. The predicted octanol–water partition coefficient (Wildman–Crippen LogP) is 6.77. The van der Waals surface area contributed by atoms with Gasteiger partial charge in [0, 0.05) is 56.0 Å². The van der Waals surface area contributed by atoms with E-state index in [0.717, 1.165) is 16.8 Å². The summed E-state index contributed by atoms with van der Waals surface area (Å²) in [5, 5.41) is 15.0. The molecule has 0 bridgehead atoms. The van der Waals surface area contributed by atoms with Gasteiger partial charge in [0.15, 0.2) is 0 Å². The molecule has 0 fully saturated rings. The first-order chi connectivity index (χ1) is 33.1. The molecule has 0 saturated heterocycles. The number of carbonyl (C=O) groups is 1. The normalized spacial score (nSPS) is 11.3. The van der Waals surface area contributed by atoms with Gasteiger partial charge in [-0.2, -0.15) is 41.8 Å². The lowest BCUT2D eigenvalue weighted by Gasteiger charge is -2.13. The topological polar surface area (TPSA) is 289 Å². The molecule has 9 N–H and O–H groups in total. The number of amides is 1. The molecule has 21 heteroatoms. The van der Waals surface area contributed by atoms with E-state index in [-0.39, 0.29) is 40.0 Å². The SMILES string of the molecule is C/C=C/c1ccc(Cc2nc(Cc3ccccc3)nc(NCCN)n2)cc1S(=O)(=O)O.Cc1ccc(C(=O)NCCNc2nc(Nc3ccccc3)nc(Nc3ccc(C)c(S(=O)(=O)O)c3)n2)cc1. The highest BCUT2D eigenvalue weighted by Gasteiger charge is 2.18. The molecule has 0 spiro atoms. The van der Waals surface area contributed by atoms with Crippen molar-refractivity contribution in [1.82, 2.24) is 35.2 Å². The van der Waals surface area contributed by atoms with E-state index in [9.17, 15) is 30.7 Å². The molecule has 0 aliphatic rings. The van der Waals surface area contributed by atoms with Crippen LogP contribution < -0.4 is 32.3 Å². The fourth-order valence-electron chi connectivity index (χ4n) is 6.54. The van der Waals surface area contributed by atoms with Crippen molar-refractivity contribution in [2.75, 3.05) is 47.4 Å². The number of carbonyl (C=O) groups excluding carboxylic acids is 1. The average molecular weight is 973 g/mol. The molecule has 0 aliphatic heterocycles. The van der Waals surface area contributed by atoms with Crippen molar-refractivity contribution in [1.29, 1.82) is 0 Å². The molecule has 0 aliphatic carbocycles. The van der Waals surface area contributed by atoms with E-state index in [1.54, 1.807) is 62.4 Å². The number of allylic oxidation sites excluding steroid dienone is 1. The summed E-state index contributed by atoms with van der Waals surface area (Å²) in [4.78, 5) is 38.6. The number of anilines is 6. The average Bonchev–Trinajstić information content (AvgIpc) is 3.31. The van der Waals surface area contributed by atoms with Crippen molar-refractivity contribution in [3.05, 3.63) is 172 Å². The van der Waals surface area contributed by atoms with Gasteiger partial charge in [-0.15, -0.1) is 0 Å². The van der Waals surface area contributed by atoms with Crippen LogP contribution in [0.2, 0.25) is 0 Å². The summed E-state index contributed by atoms with van der Waals surface area (Å²) in [6.07, 6.45) is 4.15. The summed E-state index contributed by atoms with van der Waals surface area (Å²) >= 11 is 0. The Kier molecular flexibility index (Phi) is 17.5. The quantitative estimate of drug-likeness (QED) is 0.0306. The predicted molar refractivity (Wildman–Crippen MR) is 266 cm³/mol. The van der Waals surface area contributed by atoms with E-state index in [0.29, 0.717) is 78.1 Å². The molecular formula is C48H52N12O7S2. The largest absolute Gasteiger partial charge is 0.353 e. The monoisotopic (exact) mass is 972 g/mol. The zero-order valence-electron chi connectivity index (χ0n) is 38.0. The van der Waals surface area contributed by atoms with Gasteiger partial charge in [-0.3, -0.25) is 13.9 Å². The molecule has 69 heavy (non-hydrogen) atoms. The molecule has 5 aromatic carbocycles. The zero-order valence-corrected chi connectivity index (χ0v) is 39.6. The van der Waals surface area contributed by atoms with Crippen LogP contribution in [0.4, 0.5) is 35.2 Å². The van der Waals surface area contributed by atoms with E-state index < -0.39 is 20.2 Å². The number of benzene rings is 5. The van der Waals surface area contributed by atoms with Gasteiger partial charge < -0.3 is 32.3 Å². The van der Waals surface area contributed by atoms with Gasteiger partial charge in [-0.05, 0) is 85.5 Å². The summed E-state index contributed by atoms with van der Waals surface area (Å²) < 4.78 is 66.2. The molecule has 2 heterocycles. The molecule has 0 saturated carbocycles. The number of rotatable bonds is 19. The second-order valence-electron chi connectivity index (χ2n) is 15.3. The Bertz CT molecular complexity index is 3110. The molecule has 1 amide bonds. The number of hydrogen-bond donors (Lipinski definition) is 8. The van der Waals surface area contributed by atoms with E-state index in [4.69, 9.17) is 5.73 Å². The second kappa shape index (κ2) is 23.9. The molecule has 358 valence electrons. The summed E-state index contributed by atoms with van der Waals surface area (Å²) in [6.45, 7) is 6.91. The van der Waals surface area contributed by atoms with Crippen molar-refractivity contribution in [3.63, 3.8) is 0 Å². The van der Waals surface area contributed by atoms with Crippen LogP contribution in [-0.4, -0.2) is 87.9 Å². The van der Waals surface area contributed by atoms with Gasteiger partial charge in [-0.1, -0.05) is 96.6 Å². The van der Waals surface area contributed by atoms with Gasteiger partial charge in [0.1, 0.15) is 16.5 Å². The fraction of sp³-hybridized carbons (Fsp3) is 0.188. The van der Waals surface area contributed by atoms with Gasteiger partial charge in [0.25, 0.3) is 26.1 Å². The maximum atomic E-state index is 12.3. The second-order valence-corrected chi connectivity index (χ2v) is 18.1. The first-order valence-corrected chi connectivity index (χ1v) is 24.4. The van der Waals surface area contributed by atoms with Crippen LogP contribution in [0, 0.1) is 13.8 Å². The minimum atomic E-state index is -4.40. The van der Waals surface area contributed by atoms with Crippen molar-refractivity contribution in [3.8, 4) is 0 Å². The van der Waals surface area contributed by atoms with Crippen LogP contribution in [0.5, 0.6) is 0 Å². The van der Waals surface area contributed by atoms with E-state index in [1.165, 1.54) is 12.1 Å². The van der Waals surface area contributed by atoms with Gasteiger partial charge >= 0.3 is 0 Å². The highest BCUT2D eigenvalue weighted by molar-refractivity contribution is 7.86. The van der Waals surface area contributed by atoms with Crippen molar-refractivity contribution in [2.45, 2.75) is 43.4 Å². The smallest absolute Gasteiger partial charge is 0.295 e. The summed E-state index contributed by atoms with van der Waals surface area (Å²) in [5.74, 6) is 1.91. The molecule has 19 nitrogen and oxygen atoms in total. The Balaban J connectivity index is 0.000000232. The van der Waals surface area contributed by atoms with Gasteiger partial charge in [0.2, 0.25) is 23.8 Å². The lowest BCUT2D eigenvalue weighted by molar-refractivity contribution is 0.0955. The number of para-hydroxylation sites is 1. The molecule has 7 rings (SSSR count).